The van der Waals surface area contributed by atoms with Gasteiger partial charge in [0.1, 0.15) is 5.25 Å². The number of para-hydroxylation sites is 1. The summed E-state index contributed by atoms with van der Waals surface area (Å²) < 4.78 is 0. The second kappa shape index (κ2) is 5.55. The first-order chi connectivity index (χ1) is 7.50. The second-order valence-electron chi connectivity index (χ2n) is 3.40. The lowest BCUT2D eigenvalue weighted by Gasteiger charge is -2.11. The van der Waals surface area contributed by atoms with E-state index in [1.165, 1.54) is 6.92 Å². The van der Waals surface area contributed by atoms with Gasteiger partial charge in [-0.3, -0.25) is 9.59 Å². The fraction of sp³-hybridized carbons (Fsp3) is 0.273. The molecule has 16 heavy (non-hydrogen) atoms. The zero-order valence-electron chi connectivity index (χ0n) is 8.80. The minimum atomic E-state index is -0.971. The lowest BCUT2D eigenvalue weighted by molar-refractivity contribution is -0.136. The van der Waals surface area contributed by atoms with Crippen molar-refractivity contribution in [3.8, 4) is 0 Å². The number of rotatable bonds is 4. The molecular weight excluding hydrogens is 226 g/mol. The SMILES string of the molecule is CC(=O)Nc1ccccc1CC(S)C(=O)O. The molecule has 0 heterocycles. The summed E-state index contributed by atoms with van der Waals surface area (Å²) in [7, 11) is 0. The van der Waals surface area contributed by atoms with Crippen LogP contribution in [0.25, 0.3) is 0 Å². The number of carbonyl (C=O) groups is 2. The molecule has 0 aliphatic heterocycles. The number of thiol groups is 1. The van der Waals surface area contributed by atoms with Crippen LogP contribution >= 0.6 is 12.6 Å². The molecule has 1 atom stereocenters. The maximum Gasteiger partial charge on any atom is 0.316 e. The van der Waals surface area contributed by atoms with E-state index in [0.717, 1.165) is 5.56 Å². The van der Waals surface area contributed by atoms with Crippen molar-refractivity contribution < 1.29 is 14.7 Å². The first-order valence-corrected chi connectivity index (χ1v) is 5.28. The van der Waals surface area contributed by atoms with Gasteiger partial charge in [-0.25, -0.2) is 0 Å². The number of nitrogens with one attached hydrogen (secondary N) is 1. The van der Waals surface area contributed by atoms with Gasteiger partial charge in [0, 0.05) is 12.6 Å². The second-order valence-corrected chi connectivity index (χ2v) is 4.02. The summed E-state index contributed by atoms with van der Waals surface area (Å²) in [5, 5.41) is 10.6. The zero-order valence-corrected chi connectivity index (χ0v) is 9.70. The highest BCUT2D eigenvalue weighted by atomic mass is 32.1. The number of amides is 1. The first-order valence-electron chi connectivity index (χ1n) is 4.77. The van der Waals surface area contributed by atoms with Crippen LogP contribution in [-0.4, -0.2) is 22.2 Å². The molecule has 1 aromatic rings. The Labute approximate surface area is 99.1 Å². The van der Waals surface area contributed by atoms with Gasteiger partial charge >= 0.3 is 5.97 Å². The van der Waals surface area contributed by atoms with E-state index >= 15 is 0 Å². The lowest BCUT2D eigenvalue weighted by atomic mass is 10.1. The molecule has 0 fully saturated rings. The van der Waals surface area contributed by atoms with E-state index in [1.807, 2.05) is 0 Å². The van der Waals surface area contributed by atoms with Crippen LogP contribution in [0.4, 0.5) is 5.69 Å². The third-order valence-corrected chi connectivity index (χ3v) is 2.43. The molecule has 0 aliphatic rings. The summed E-state index contributed by atoms with van der Waals surface area (Å²) >= 11 is 3.96. The summed E-state index contributed by atoms with van der Waals surface area (Å²) in [6.45, 7) is 1.41. The third-order valence-electron chi connectivity index (χ3n) is 2.03. The highest BCUT2D eigenvalue weighted by molar-refractivity contribution is 7.81. The summed E-state index contributed by atoms with van der Waals surface area (Å²) in [6, 6.07) is 7.09. The fourth-order valence-electron chi connectivity index (χ4n) is 1.31. The van der Waals surface area contributed by atoms with Gasteiger partial charge in [0.15, 0.2) is 0 Å². The van der Waals surface area contributed by atoms with Crippen molar-refractivity contribution in [3.63, 3.8) is 0 Å². The smallest absolute Gasteiger partial charge is 0.316 e. The summed E-state index contributed by atoms with van der Waals surface area (Å²) in [6.07, 6.45) is 0.273. The predicted octanol–water partition coefficient (Wildman–Crippen LogP) is 1.57. The van der Waals surface area contributed by atoms with Gasteiger partial charge in [-0.1, -0.05) is 18.2 Å². The van der Waals surface area contributed by atoms with E-state index in [-0.39, 0.29) is 12.3 Å². The third kappa shape index (κ3) is 3.58. The molecule has 1 aromatic carbocycles. The number of carboxylic acids is 1. The predicted molar refractivity (Wildman–Crippen MR) is 64.9 cm³/mol. The van der Waals surface area contributed by atoms with Crippen molar-refractivity contribution in [2.24, 2.45) is 0 Å². The normalized spacial score (nSPS) is 11.9. The Morgan fingerprint density at radius 3 is 2.62 bits per heavy atom. The number of anilines is 1. The standard InChI is InChI=1S/C11H13NO3S/c1-7(13)12-9-5-3-2-4-8(9)6-10(16)11(14)15/h2-5,10,16H,6H2,1H3,(H,12,13)(H,14,15). The largest absolute Gasteiger partial charge is 0.480 e. The van der Waals surface area contributed by atoms with Gasteiger partial charge in [-0.2, -0.15) is 12.6 Å². The summed E-state index contributed by atoms with van der Waals surface area (Å²) in [5.41, 5.74) is 1.40. The molecule has 1 unspecified atom stereocenters. The Morgan fingerprint density at radius 2 is 2.06 bits per heavy atom. The maximum atomic E-state index is 10.9. The number of carboxylic acid groups (broad SMARTS) is 1. The van der Waals surface area contributed by atoms with Crippen molar-refractivity contribution in [3.05, 3.63) is 29.8 Å². The molecule has 86 valence electrons. The Kier molecular flexibility index (Phi) is 4.37. The van der Waals surface area contributed by atoms with E-state index in [9.17, 15) is 9.59 Å². The van der Waals surface area contributed by atoms with Gasteiger partial charge in [0.05, 0.1) is 0 Å². The lowest BCUT2D eigenvalue weighted by Crippen LogP contribution is -2.17. The maximum absolute atomic E-state index is 10.9. The van der Waals surface area contributed by atoms with Crippen molar-refractivity contribution in [1.82, 2.24) is 0 Å². The molecule has 0 spiro atoms. The first kappa shape index (κ1) is 12.6. The summed E-state index contributed by atoms with van der Waals surface area (Å²) in [4.78, 5) is 21.6. The number of benzene rings is 1. The van der Waals surface area contributed by atoms with Crippen LogP contribution in [0, 0.1) is 0 Å². The van der Waals surface area contributed by atoms with Crippen LogP contribution in [0.1, 0.15) is 12.5 Å². The van der Waals surface area contributed by atoms with Crippen LogP contribution in [0.5, 0.6) is 0 Å². The Hall–Kier alpha value is -1.49. The summed E-state index contributed by atoms with van der Waals surface area (Å²) in [5.74, 6) is -1.15. The zero-order chi connectivity index (χ0) is 12.1. The molecular formula is C11H13NO3S. The quantitative estimate of drug-likeness (QED) is 0.699. The Bertz CT molecular complexity index is 406. The molecule has 0 aromatic heterocycles. The molecule has 2 N–H and O–H groups in total. The molecule has 0 saturated heterocycles. The van der Waals surface area contributed by atoms with E-state index in [0.29, 0.717) is 5.69 Å². The molecule has 0 saturated carbocycles. The minimum Gasteiger partial charge on any atom is -0.480 e. The van der Waals surface area contributed by atoms with Gasteiger partial charge in [0.25, 0.3) is 0 Å². The highest BCUT2D eigenvalue weighted by Crippen LogP contribution is 2.18. The molecule has 1 rings (SSSR count). The highest BCUT2D eigenvalue weighted by Gasteiger charge is 2.14. The van der Waals surface area contributed by atoms with Gasteiger partial charge in [-0.15, -0.1) is 0 Å². The van der Waals surface area contributed by atoms with Crippen LogP contribution in [-0.2, 0) is 16.0 Å². The topological polar surface area (TPSA) is 66.4 Å². The van der Waals surface area contributed by atoms with E-state index in [1.54, 1.807) is 24.3 Å². The molecule has 4 nitrogen and oxygen atoms in total. The molecule has 5 heteroatoms. The van der Waals surface area contributed by atoms with E-state index in [4.69, 9.17) is 5.11 Å². The van der Waals surface area contributed by atoms with Crippen LogP contribution in [0.2, 0.25) is 0 Å². The van der Waals surface area contributed by atoms with Crippen molar-refractivity contribution in [2.45, 2.75) is 18.6 Å². The van der Waals surface area contributed by atoms with Gasteiger partial charge < -0.3 is 10.4 Å². The van der Waals surface area contributed by atoms with E-state index in [2.05, 4.69) is 17.9 Å². The minimum absolute atomic E-state index is 0.182. The molecule has 1 amide bonds. The molecule has 0 radical (unpaired) electrons. The Morgan fingerprint density at radius 1 is 1.44 bits per heavy atom. The van der Waals surface area contributed by atoms with Crippen LogP contribution in [0.15, 0.2) is 24.3 Å². The van der Waals surface area contributed by atoms with Gasteiger partial charge in [-0.05, 0) is 18.1 Å². The average Bonchev–Trinajstić information content (AvgIpc) is 2.20. The molecule has 0 bridgehead atoms. The number of hydrogen-bond acceptors (Lipinski definition) is 3. The van der Waals surface area contributed by atoms with Gasteiger partial charge in [0.2, 0.25) is 5.91 Å². The Balaban J connectivity index is 2.86. The number of aliphatic carboxylic acids is 1. The van der Waals surface area contributed by atoms with Crippen LogP contribution < -0.4 is 5.32 Å². The monoisotopic (exact) mass is 239 g/mol. The van der Waals surface area contributed by atoms with E-state index < -0.39 is 11.2 Å². The number of carbonyl (C=O) groups excluding carboxylic acids is 1. The molecule has 0 aliphatic carbocycles. The van der Waals surface area contributed by atoms with Crippen molar-refractivity contribution >= 4 is 30.2 Å². The van der Waals surface area contributed by atoms with Crippen LogP contribution in [0.3, 0.4) is 0 Å². The number of hydrogen-bond donors (Lipinski definition) is 3. The average molecular weight is 239 g/mol. The fourth-order valence-corrected chi connectivity index (χ4v) is 1.50. The van der Waals surface area contributed by atoms with Crippen molar-refractivity contribution in [2.75, 3.05) is 5.32 Å². The van der Waals surface area contributed by atoms with Crippen molar-refractivity contribution in [1.29, 1.82) is 0 Å².